The first-order valence-corrected chi connectivity index (χ1v) is 32.7. The molecule has 19 heteroatoms. The molecule has 48 heavy (non-hydrogen) atoms. The monoisotopic (exact) mass is 830 g/mol. The minimum Gasteiger partial charge on any atom is -0.741 e. The number of rotatable bonds is 4. The highest BCUT2D eigenvalue weighted by Gasteiger charge is 2.80. The summed E-state index contributed by atoms with van der Waals surface area (Å²) in [5, 5.41) is 0. The van der Waals surface area contributed by atoms with Gasteiger partial charge in [-0.05, 0) is 64.2 Å². The zero-order chi connectivity index (χ0) is 36.2. The lowest BCUT2D eigenvalue weighted by Crippen LogP contribution is -2.21. The average Bonchev–Trinajstić information content (AvgIpc) is 3.20. The lowest BCUT2D eigenvalue weighted by Gasteiger charge is -2.42. The molecule has 284 valence electrons. The molecule has 4 aliphatic carbocycles. The molecule has 6 nitrogen and oxygen atoms in total. The van der Waals surface area contributed by atoms with E-state index in [2.05, 4.69) is 20.0 Å². The van der Waals surface area contributed by atoms with Crippen molar-refractivity contribution in [1.82, 2.24) is 0 Å². The van der Waals surface area contributed by atoms with Crippen LogP contribution in [-0.2, 0) is 20.2 Å². The van der Waals surface area contributed by atoms with Crippen molar-refractivity contribution < 1.29 is 52.3 Å². The molecular formula is C29H53F6O6P5S2. The molecule has 5 rings (SSSR count). The molecule has 0 bridgehead atoms. The van der Waals surface area contributed by atoms with Crippen molar-refractivity contribution >= 4 is 55.4 Å². The van der Waals surface area contributed by atoms with E-state index in [0.29, 0.717) is 21.9 Å². The lowest BCUT2D eigenvalue weighted by molar-refractivity contribution is -0.0522. The van der Waals surface area contributed by atoms with E-state index in [9.17, 15) is 26.3 Å². The van der Waals surface area contributed by atoms with Crippen LogP contribution in [-0.4, -0.2) is 79.6 Å². The Morgan fingerprint density at radius 1 is 0.500 bits per heavy atom. The number of hydrogen-bond acceptors (Lipinski definition) is 6. The van der Waals surface area contributed by atoms with Gasteiger partial charge >= 0.3 is 11.0 Å². The summed E-state index contributed by atoms with van der Waals surface area (Å²) in [5.41, 5.74) is -6.35. The molecule has 0 aromatic rings. The summed E-state index contributed by atoms with van der Waals surface area (Å²) in [4.78, 5) is 0. The van der Waals surface area contributed by atoms with Crippen molar-refractivity contribution in [2.45, 2.75) is 162 Å². The van der Waals surface area contributed by atoms with Gasteiger partial charge in [-0.25, -0.2) is 16.8 Å². The van der Waals surface area contributed by atoms with Gasteiger partial charge in [0.1, 0.15) is 14.6 Å². The number of alkyl halides is 6. The van der Waals surface area contributed by atoms with Crippen molar-refractivity contribution in [3.63, 3.8) is 0 Å². The van der Waals surface area contributed by atoms with Gasteiger partial charge in [-0.15, -0.1) is 0 Å². The molecule has 0 aromatic heterocycles. The van der Waals surface area contributed by atoms with E-state index in [1.165, 1.54) is 22.6 Å². The first-order valence-electron chi connectivity index (χ1n) is 17.2. The summed E-state index contributed by atoms with van der Waals surface area (Å²) in [7, 11) is -11.0. The molecule has 0 spiro atoms. The molecule has 4 saturated carbocycles. The first-order chi connectivity index (χ1) is 22.0. The Kier molecular flexibility index (Phi) is 16.3. The highest BCUT2D eigenvalue weighted by molar-refractivity contribution is 9.15. The van der Waals surface area contributed by atoms with Crippen LogP contribution in [0.15, 0.2) is 0 Å². The summed E-state index contributed by atoms with van der Waals surface area (Å²) in [6, 6.07) is 0. The van der Waals surface area contributed by atoms with Crippen LogP contribution in [0.3, 0.4) is 0 Å². The molecule has 0 N–H and O–H groups in total. The zero-order valence-corrected chi connectivity index (χ0v) is 34.3. The molecule has 1 saturated heterocycles. The molecule has 5 aliphatic rings. The van der Waals surface area contributed by atoms with Crippen LogP contribution in [0.25, 0.3) is 0 Å². The summed E-state index contributed by atoms with van der Waals surface area (Å²) in [5.74, 6) is 0. The molecule has 1 unspecified atom stereocenters. The van der Waals surface area contributed by atoms with Gasteiger partial charge in [0.05, 0.1) is 44.6 Å². The van der Waals surface area contributed by atoms with Gasteiger partial charge in [0, 0.05) is 11.3 Å². The quantitative estimate of drug-likeness (QED) is 0.121. The van der Waals surface area contributed by atoms with Gasteiger partial charge < -0.3 is 9.11 Å². The fourth-order valence-corrected chi connectivity index (χ4v) is 115. The predicted molar refractivity (Wildman–Crippen MR) is 191 cm³/mol. The Balaban J connectivity index is 0.000000325. The molecule has 4 atom stereocenters. The molecule has 0 radical (unpaired) electrons. The molecule has 1 aliphatic heterocycles. The molecule has 0 aromatic carbocycles. The normalized spacial score (nSPS) is 32.1. The Labute approximate surface area is 288 Å². The van der Waals surface area contributed by atoms with Crippen molar-refractivity contribution in [2.75, 3.05) is 20.0 Å². The fraction of sp³-hybridized carbons (Fsp3) is 1.00. The van der Waals surface area contributed by atoms with Crippen LogP contribution in [0.4, 0.5) is 26.3 Å². The highest BCUT2D eigenvalue weighted by Crippen LogP contribution is 3.33. The van der Waals surface area contributed by atoms with Crippen LogP contribution in [0.5, 0.6) is 0 Å². The Hall–Kier alpha value is 1.55. The van der Waals surface area contributed by atoms with Gasteiger partial charge in [-0.3, -0.25) is 0 Å². The topological polar surface area (TPSA) is 114 Å². The van der Waals surface area contributed by atoms with Crippen LogP contribution in [0, 0.1) is 0 Å². The van der Waals surface area contributed by atoms with E-state index in [-0.39, 0.29) is 0 Å². The molecule has 0 amide bonds. The van der Waals surface area contributed by atoms with Crippen molar-refractivity contribution in [3.8, 4) is 0 Å². The molecular weight excluding hydrogens is 777 g/mol. The standard InChI is InChI=1S/C27H53P5.2CHF3O3S/c1-31(2)28(24-16-8-4-9-17-24)29(25-18-10-5-11-19-25)32(3,27-22-14-7-15-23-27)30(31)26-20-12-6-13-21-26;2*2-1(3,4)8(5,6)7/h24-27H,4-23H2,1-3H3;2*(H,5,6,7)/q+2;;/p-2/t28-,29-,30-,32?;;/m1../s1. The zero-order valence-electron chi connectivity index (χ0n) is 28.2. The molecule has 1 heterocycles. The van der Waals surface area contributed by atoms with Gasteiger partial charge in [0.2, 0.25) is 7.30 Å². The maximum absolute atomic E-state index is 10.7. The SMILES string of the molecule is C[P+]1(C)[P@](C2CCCCC2)[P@@](C2CCCCC2)[P+](C)(C2CCCCC2)[P@]1C1CCCCC1.O=S(=O)([O-])C(F)(F)F.O=S(=O)([O-])C(F)(F)F. The second kappa shape index (κ2) is 17.8. The second-order valence-corrected chi connectivity index (χ2v) is 49.9. The van der Waals surface area contributed by atoms with Gasteiger partial charge in [0.25, 0.3) is 0 Å². The summed E-state index contributed by atoms with van der Waals surface area (Å²) in [6.07, 6.45) is 32.4. The third-order valence-corrected chi connectivity index (χ3v) is 72.8. The summed E-state index contributed by atoms with van der Waals surface area (Å²) >= 11 is 0. The third kappa shape index (κ3) is 10.8. The maximum atomic E-state index is 10.7. The van der Waals surface area contributed by atoms with Gasteiger partial charge in [-0.2, -0.15) is 26.3 Å². The number of halogens is 6. The Morgan fingerprint density at radius 3 is 1.08 bits per heavy atom. The smallest absolute Gasteiger partial charge is 0.485 e. The Bertz CT molecular complexity index is 1190. The van der Waals surface area contributed by atoms with Crippen LogP contribution < -0.4 is 0 Å². The van der Waals surface area contributed by atoms with Crippen molar-refractivity contribution in [2.24, 2.45) is 0 Å². The first kappa shape index (κ1) is 44.0. The lowest BCUT2D eigenvalue weighted by atomic mass is 10.0. The maximum Gasteiger partial charge on any atom is 0.485 e. The average molecular weight is 831 g/mol. The van der Waals surface area contributed by atoms with Gasteiger partial charge in [-0.1, -0.05) is 64.2 Å². The van der Waals surface area contributed by atoms with E-state index in [4.69, 9.17) is 25.9 Å². The van der Waals surface area contributed by atoms with Crippen LogP contribution in [0.2, 0.25) is 0 Å². The summed E-state index contributed by atoms with van der Waals surface area (Å²) in [6.45, 7) is 7.69. The van der Waals surface area contributed by atoms with Gasteiger partial charge in [0.15, 0.2) is 20.2 Å². The van der Waals surface area contributed by atoms with E-state index in [1.807, 2.05) is 0 Å². The van der Waals surface area contributed by atoms with Crippen LogP contribution in [0.1, 0.15) is 128 Å². The van der Waals surface area contributed by atoms with E-state index >= 15 is 0 Å². The number of hydrogen-bond donors (Lipinski definition) is 0. The minimum atomic E-state index is -6.09. The van der Waals surface area contributed by atoms with Crippen LogP contribution >= 0.6 is 35.2 Å². The van der Waals surface area contributed by atoms with Crippen molar-refractivity contribution in [3.05, 3.63) is 0 Å². The fourth-order valence-electron chi connectivity index (χ4n) is 8.68. The van der Waals surface area contributed by atoms with Crippen molar-refractivity contribution in [1.29, 1.82) is 0 Å². The summed E-state index contributed by atoms with van der Waals surface area (Å²) < 4.78 is 118. The Morgan fingerprint density at radius 2 is 0.771 bits per heavy atom. The molecule has 5 fully saturated rings. The van der Waals surface area contributed by atoms with E-state index in [1.54, 1.807) is 128 Å². The largest absolute Gasteiger partial charge is 0.741 e. The minimum absolute atomic E-state index is 0.377. The highest BCUT2D eigenvalue weighted by atomic mass is 33.0. The second-order valence-electron chi connectivity index (χ2n) is 14.2. The predicted octanol–water partition coefficient (Wildman–Crippen LogP) is 12.4. The third-order valence-electron chi connectivity index (χ3n) is 10.6. The van der Waals surface area contributed by atoms with E-state index < -0.39 is 44.5 Å². The van der Waals surface area contributed by atoms with E-state index in [0.717, 1.165) is 0 Å².